The molecule has 0 bridgehead atoms. The fourth-order valence-corrected chi connectivity index (χ4v) is 4.52. The molecule has 0 radical (unpaired) electrons. The molecule has 4 rings (SSSR count). The number of rotatable bonds is 3. The van der Waals surface area contributed by atoms with Crippen LogP contribution >= 0.6 is 0 Å². The van der Waals surface area contributed by atoms with Gasteiger partial charge in [0, 0.05) is 12.2 Å². The van der Waals surface area contributed by atoms with Crippen LogP contribution in [0.5, 0.6) is 0 Å². The van der Waals surface area contributed by atoms with Crippen LogP contribution in [0, 0.1) is 18.8 Å². The third-order valence-corrected chi connectivity index (χ3v) is 5.48. The average Bonchev–Trinajstić information content (AvgIpc) is 3.04. The number of fused-ring (bicyclic) bond motifs is 5. The van der Waals surface area contributed by atoms with Crippen molar-refractivity contribution in [2.45, 2.75) is 25.9 Å². The van der Waals surface area contributed by atoms with Crippen molar-refractivity contribution >= 4 is 29.4 Å². The molecule has 5 nitrogen and oxygen atoms in total. The molecule has 0 unspecified atom stereocenters. The van der Waals surface area contributed by atoms with E-state index in [-0.39, 0.29) is 30.2 Å². The Hall–Kier alpha value is -2.69. The van der Waals surface area contributed by atoms with E-state index in [4.69, 9.17) is 0 Å². The van der Waals surface area contributed by atoms with E-state index in [9.17, 15) is 14.4 Å². The van der Waals surface area contributed by atoms with Crippen LogP contribution in [0.2, 0.25) is 0 Å². The summed E-state index contributed by atoms with van der Waals surface area (Å²) in [5.41, 5.74) is 3.07. The Morgan fingerprint density at radius 1 is 1.24 bits per heavy atom. The minimum atomic E-state index is -0.619. The standard InChI is InChI=1S/C20H20N2O3/c1-4-9-21-19(24)16-15-8-6-13-10-11(2)5-7-14(13)22(15)18(12(3)23)17(16)20(21)25/h4-8,10,15-18H,1,9H2,2-3H3/t15-,16+,17+,18+/m1/s1. The first-order chi connectivity index (χ1) is 12.0. The van der Waals surface area contributed by atoms with Crippen molar-refractivity contribution in [1.82, 2.24) is 4.90 Å². The van der Waals surface area contributed by atoms with E-state index in [2.05, 4.69) is 12.6 Å². The van der Waals surface area contributed by atoms with Crippen LogP contribution in [-0.4, -0.2) is 41.1 Å². The summed E-state index contributed by atoms with van der Waals surface area (Å²) >= 11 is 0. The highest BCUT2D eigenvalue weighted by atomic mass is 16.2. The van der Waals surface area contributed by atoms with Crippen LogP contribution in [-0.2, 0) is 14.4 Å². The lowest BCUT2D eigenvalue weighted by Gasteiger charge is -2.36. The number of likely N-dealkylation sites (tertiary alicyclic amines) is 1. The summed E-state index contributed by atoms with van der Waals surface area (Å²) in [6, 6.07) is 5.16. The van der Waals surface area contributed by atoms with Gasteiger partial charge in [0.05, 0.1) is 17.9 Å². The van der Waals surface area contributed by atoms with Gasteiger partial charge in [0.25, 0.3) is 0 Å². The van der Waals surface area contributed by atoms with Crippen LogP contribution in [0.3, 0.4) is 0 Å². The number of Topliss-reactive ketones (excluding diaryl/α,β-unsaturated/α-hetero) is 1. The quantitative estimate of drug-likeness (QED) is 0.625. The first kappa shape index (κ1) is 15.8. The van der Waals surface area contributed by atoms with Crippen LogP contribution in [0.1, 0.15) is 18.1 Å². The topological polar surface area (TPSA) is 57.7 Å². The van der Waals surface area contributed by atoms with Gasteiger partial charge >= 0.3 is 0 Å². The van der Waals surface area contributed by atoms with Crippen LogP contribution < -0.4 is 4.90 Å². The van der Waals surface area contributed by atoms with Gasteiger partial charge in [0.1, 0.15) is 6.04 Å². The molecule has 3 heterocycles. The molecule has 0 aliphatic carbocycles. The largest absolute Gasteiger partial charge is 0.353 e. The van der Waals surface area contributed by atoms with E-state index in [1.54, 1.807) is 6.08 Å². The van der Waals surface area contributed by atoms with Crippen molar-refractivity contribution in [1.29, 1.82) is 0 Å². The maximum atomic E-state index is 12.9. The molecule has 3 aliphatic rings. The van der Waals surface area contributed by atoms with Gasteiger partial charge in [-0.3, -0.25) is 19.3 Å². The number of ketones is 1. The number of anilines is 1. The second kappa shape index (κ2) is 5.41. The minimum absolute atomic E-state index is 0.0825. The molecule has 3 aliphatic heterocycles. The molecular formula is C20H20N2O3. The second-order valence-electron chi connectivity index (χ2n) is 7.00. The molecule has 2 fully saturated rings. The highest BCUT2D eigenvalue weighted by molar-refractivity contribution is 6.11. The van der Waals surface area contributed by atoms with Crippen molar-refractivity contribution in [3.05, 3.63) is 48.1 Å². The summed E-state index contributed by atoms with van der Waals surface area (Å²) in [7, 11) is 0. The fraction of sp³-hybridized carbons (Fsp3) is 0.350. The first-order valence-electron chi connectivity index (χ1n) is 8.49. The Morgan fingerprint density at radius 2 is 1.96 bits per heavy atom. The van der Waals surface area contributed by atoms with E-state index < -0.39 is 17.9 Å². The Balaban J connectivity index is 1.85. The summed E-state index contributed by atoms with van der Waals surface area (Å²) < 4.78 is 0. The smallest absolute Gasteiger partial charge is 0.236 e. The first-order valence-corrected chi connectivity index (χ1v) is 8.49. The Morgan fingerprint density at radius 3 is 2.64 bits per heavy atom. The number of nitrogens with zero attached hydrogens (tertiary/aromatic N) is 2. The fourth-order valence-electron chi connectivity index (χ4n) is 4.52. The molecule has 0 aromatic heterocycles. The van der Waals surface area contributed by atoms with Gasteiger partial charge in [-0.1, -0.05) is 29.9 Å². The summed E-state index contributed by atoms with van der Waals surface area (Å²) in [5, 5.41) is 0. The number of benzene rings is 1. The average molecular weight is 336 g/mol. The highest BCUT2D eigenvalue weighted by Gasteiger charge is 2.63. The molecule has 0 saturated carbocycles. The number of aryl methyl sites for hydroxylation is 1. The molecular weight excluding hydrogens is 316 g/mol. The maximum absolute atomic E-state index is 12.9. The van der Waals surface area contributed by atoms with Crippen LogP contribution in [0.15, 0.2) is 36.9 Å². The molecule has 0 N–H and O–H groups in total. The summed E-state index contributed by atoms with van der Waals surface area (Å²) in [6.45, 7) is 7.34. The SMILES string of the molecule is C=CCN1C(=O)[C@@H]2[C@H](C1=O)[C@H](C(C)=O)N1c3ccc(C)cc3C=C[C@H]21. The molecule has 25 heavy (non-hydrogen) atoms. The molecule has 5 heteroatoms. The Kier molecular flexibility index (Phi) is 3.42. The van der Waals surface area contributed by atoms with E-state index >= 15 is 0 Å². The number of imide groups is 1. The van der Waals surface area contributed by atoms with E-state index in [1.807, 2.05) is 36.1 Å². The lowest BCUT2D eigenvalue weighted by atomic mass is 9.88. The maximum Gasteiger partial charge on any atom is 0.236 e. The van der Waals surface area contributed by atoms with Crippen LogP contribution in [0.4, 0.5) is 5.69 Å². The van der Waals surface area contributed by atoms with Gasteiger partial charge < -0.3 is 4.90 Å². The van der Waals surface area contributed by atoms with Gasteiger partial charge in [-0.25, -0.2) is 0 Å². The zero-order valence-electron chi connectivity index (χ0n) is 14.3. The molecule has 2 amide bonds. The molecule has 128 valence electrons. The van der Waals surface area contributed by atoms with Gasteiger partial charge in [-0.15, -0.1) is 6.58 Å². The van der Waals surface area contributed by atoms with Crippen molar-refractivity contribution in [3.8, 4) is 0 Å². The molecule has 4 atom stereocenters. The molecule has 2 saturated heterocycles. The summed E-state index contributed by atoms with van der Waals surface area (Å²) in [5.74, 6) is -1.67. The lowest BCUT2D eigenvalue weighted by molar-refractivity contribution is -0.140. The molecule has 1 aromatic carbocycles. The van der Waals surface area contributed by atoms with E-state index in [1.165, 1.54) is 11.8 Å². The number of amides is 2. The lowest BCUT2D eigenvalue weighted by Crippen LogP contribution is -2.48. The normalized spacial score (nSPS) is 29.5. The monoisotopic (exact) mass is 336 g/mol. The number of carbonyl (C=O) groups excluding carboxylic acids is 3. The second-order valence-corrected chi connectivity index (χ2v) is 7.00. The minimum Gasteiger partial charge on any atom is -0.353 e. The third-order valence-electron chi connectivity index (χ3n) is 5.48. The summed E-state index contributed by atoms with van der Waals surface area (Å²) in [6.07, 6.45) is 5.51. The van der Waals surface area contributed by atoms with Crippen LogP contribution in [0.25, 0.3) is 6.08 Å². The Labute approximate surface area is 146 Å². The van der Waals surface area contributed by atoms with Crippen molar-refractivity contribution in [3.63, 3.8) is 0 Å². The molecule has 1 aromatic rings. The molecule has 0 spiro atoms. The highest BCUT2D eigenvalue weighted by Crippen LogP contribution is 2.48. The predicted octanol–water partition coefficient (Wildman–Crippen LogP) is 1.96. The number of hydrogen-bond donors (Lipinski definition) is 0. The number of carbonyl (C=O) groups is 3. The van der Waals surface area contributed by atoms with Crippen molar-refractivity contribution in [2.24, 2.45) is 11.8 Å². The van der Waals surface area contributed by atoms with Gasteiger partial charge in [-0.05, 0) is 31.5 Å². The van der Waals surface area contributed by atoms with Crippen molar-refractivity contribution < 1.29 is 14.4 Å². The van der Waals surface area contributed by atoms with Gasteiger partial charge in [-0.2, -0.15) is 0 Å². The number of hydrogen-bond acceptors (Lipinski definition) is 4. The van der Waals surface area contributed by atoms with Gasteiger partial charge in [0.15, 0.2) is 5.78 Å². The zero-order chi connectivity index (χ0) is 17.9. The zero-order valence-corrected chi connectivity index (χ0v) is 14.3. The van der Waals surface area contributed by atoms with E-state index in [0.29, 0.717) is 0 Å². The predicted molar refractivity (Wildman–Crippen MR) is 94.8 cm³/mol. The third kappa shape index (κ3) is 2.05. The van der Waals surface area contributed by atoms with Gasteiger partial charge in [0.2, 0.25) is 11.8 Å². The van der Waals surface area contributed by atoms with Crippen molar-refractivity contribution in [2.75, 3.05) is 11.4 Å². The van der Waals surface area contributed by atoms with E-state index in [0.717, 1.165) is 16.8 Å². The summed E-state index contributed by atoms with van der Waals surface area (Å²) in [4.78, 5) is 41.4. The Bertz CT molecular complexity index is 841.